The number of phenolic OH excluding ortho intramolecular Hbond substituents is 1. The van der Waals surface area contributed by atoms with Crippen LogP contribution in [0, 0.1) is 5.82 Å². The number of nitrogens with one attached hydrogen (secondary N) is 1. The minimum atomic E-state index is -3.97. The van der Waals surface area contributed by atoms with Gasteiger partial charge in [0.05, 0.1) is 12.0 Å². The van der Waals surface area contributed by atoms with Crippen molar-refractivity contribution in [1.29, 1.82) is 0 Å². The van der Waals surface area contributed by atoms with Crippen molar-refractivity contribution in [3.63, 3.8) is 0 Å². The molecule has 0 atom stereocenters. The average Bonchev–Trinajstić information content (AvgIpc) is 2.42. The zero-order valence-electron chi connectivity index (χ0n) is 10.5. The molecule has 2 aromatic rings. The van der Waals surface area contributed by atoms with Gasteiger partial charge in [-0.25, -0.2) is 12.8 Å². The highest BCUT2D eigenvalue weighted by molar-refractivity contribution is 7.92. The van der Waals surface area contributed by atoms with Gasteiger partial charge in [-0.1, -0.05) is 18.2 Å². The first-order valence-corrected chi connectivity index (χ1v) is 7.07. The van der Waals surface area contributed by atoms with Gasteiger partial charge in [-0.15, -0.1) is 0 Å². The quantitative estimate of drug-likeness (QED) is 0.908. The molecule has 0 aliphatic heterocycles. The number of sulfonamides is 1. The van der Waals surface area contributed by atoms with Gasteiger partial charge in [0, 0.05) is 11.8 Å². The van der Waals surface area contributed by atoms with Crippen LogP contribution >= 0.6 is 0 Å². The first-order valence-electron chi connectivity index (χ1n) is 5.58. The second-order valence-corrected chi connectivity index (χ2v) is 5.61. The van der Waals surface area contributed by atoms with Crippen molar-refractivity contribution < 1.29 is 22.7 Å². The van der Waals surface area contributed by atoms with Gasteiger partial charge < -0.3 is 9.84 Å². The number of aromatic hydroxyl groups is 1. The van der Waals surface area contributed by atoms with Crippen LogP contribution in [0.2, 0.25) is 0 Å². The minimum Gasteiger partial charge on any atom is -0.502 e. The predicted octanol–water partition coefficient (Wildman–Crippen LogP) is 2.34. The molecule has 2 N–H and O–H groups in total. The largest absolute Gasteiger partial charge is 0.502 e. The van der Waals surface area contributed by atoms with Crippen LogP contribution < -0.4 is 9.46 Å². The molecule has 0 fully saturated rings. The Hall–Kier alpha value is -2.28. The molecule has 0 saturated carbocycles. The number of methoxy groups -OCH3 is 1. The number of phenols is 1. The fourth-order valence-corrected chi connectivity index (χ4v) is 2.67. The number of hydrogen-bond donors (Lipinski definition) is 2. The minimum absolute atomic E-state index is 0.251. The molecule has 2 aromatic carbocycles. The van der Waals surface area contributed by atoms with E-state index in [1.54, 1.807) is 30.3 Å². The number of halogens is 1. The van der Waals surface area contributed by atoms with E-state index in [-0.39, 0.29) is 10.6 Å². The monoisotopic (exact) mass is 297 g/mol. The summed E-state index contributed by atoms with van der Waals surface area (Å²) in [5, 5.41) is 9.36. The van der Waals surface area contributed by atoms with Crippen LogP contribution in [0.1, 0.15) is 0 Å². The fraction of sp³-hybridized carbons (Fsp3) is 0.0769. The summed E-state index contributed by atoms with van der Waals surface area (Å²) in [5.41, 5.74) is 0.347. The maximum atomic E-state index is 13.5. The lowest BCUT2D eigenvalue weighted by atomic mass is 10.3. The lowest BCUT2D eigenvalue weighted by molar-refractivity contribution is 0.355. The molecule has 2 rings (SSSR count). The Morgan fingerprint density at radius 3 is 2.45 bits per heavy atom. The molecule has 0 aromatic heterocycles. The SMILES string of the molecule is COc1cc(S(=O)(=O)Nc2ccccc2)cc(F)c1O. The molecule has 106 valence electrons. The second kappa shape index (κ2) is 5.38. The van der Waals surface area contributed by atoms with E-state index in [1.807, 2.05) is 0 Å². The Labute approximate surface area is 115 Å². The number of hydrogen-bond acceptors (Lipinski definition) is 4. The molecule has 0 aliphatic carbocycles. The second-order valence-electron chi connectivity index (χ2n) is 3.93. The van der Waals surface area contributed by atoms with Gasteiger partial charge in [-0.2, -0.15) is 0 Å². The summed E-state index contributed by atoms with van der Waals surface area (Å²) in [5.74, 6) is -2.05. The normalized spacial score (nSPS) is 11.1. The Bertz CT molecular complexity index is 717. The van der Waals surface area contributed by atoms with E-state index < -0.39 is 21.6 Å². The highest BCUT2D eigenvalue weighted by atomic mass is 32.2. The summed E-state index contributed by atoms with van der Waals surface area (Å²) >= 11 is 0. The fourth-order valence-electron chi connectivity index (χ4n) is 1.58. The summed E-state index contributed by atoms with van der Waals surface area (Å²) in [4.78, 5) is -0.339. The number of ether oxygens (including phenoxy) is 1. The summed E-state index contributed by atoms with van der Waals surface area (Å²) in [7, 11) is -2.76. The zero-order valence-corrected chi connectivity index (χ0v) is 11.3. The van der Waals surface area contributed by atoms with E-state index in [1.165, 1.54) is 7.11 Å². The van der Waals surface area contributed by atoms with E-state index in [0.29, 0.717) is 5.69 Å². The van der Waals surface area contributed by atoms with Crippen LogP contribution in [0.5, 0.6) is 11.5 Å². The van der Waals surface area contributed by atoms with E-state index in [0.717, 1.165) is 12.1 Å². The Morgan fingerprint density at radius 1 is 1.20 bits per heavy atom. The first kappa shape index (κ1) is 14.1. The number of rotatable bonds is 4. The van der Waals surface area contributed by atoms with Crippen LogP contribution in [0.4, 0.5) is 10.1 Å². The summed E-state index contributed by atoms with van der Waals surface area (Å²) in [6, 6.07) is 9.96. The van der Waals surface area contributed by atoms with Crippen molar-refractivity contribution in [3.8, 4) is 11.5 Å². The average molecular weight is 297 g/mol. The van der Waals surface area contributed by atoms with Crippen LogP contribution in [0.15, 0.2) is 47.4 Å². The summed E-state index contributed by atoms with van der Waals surface area (Å²) < 4.78 is 44.7. The molecule has 7 heteroatoms. The Morgan fingerprint density at radius 2 is 1.85 bits per heavy atom. The summed E-state index contributed by atoms with van der Waals surface area (Å²) in [6.07, 6.45) is 0. The third-order valence-electron chi connectivity index (χ3n) is 2.56. The standard InChI is InChI=1S/C13H12FNO4S/c1-19-12-8-10(7-11(14)13(12)16)20(17,18)15-9-5-3-2-4-6-9/h2-8,15-16H,1H3. The van der Waals surface area contributed by atoms with Gasteiger partial charge in [0.2, 0.25) is 0 Å². The molecule has 0 heterocycles. The number of para-hydroxylation sites is 1. The molecule has 0 saturated heterocycles. The molecule has 5 nitrogen and oxygen atoms in total. The maximum Gasteiger partial charge on any atom is 0.262 e. The van der Waals surface area contributed by atoms with Crippen molar-refractivity contribution in [1.82, 2.24) is 0 Å². The zero-order chi connectivity index (χ0) is 14.8. The van der Waals surface area contributed by atoms with Crippen LogP contribution in [0.25, 0.3) is 0 Å². The summed E-state index contributed by atoms with van der Waals surface area (Å²) in [6.45, 7) is 0. The van der Waals surface area contributed by atoms with Crippen LogP contribution in [-0.2, 0) is 10.0 Å². The first-order chi connectivity index (χ1) is 9.44. The van der Waals surface area contributed by atoms with E-state index in [9.17, 15) is 17.9 Å². The van der Waals surface area contributed by atoms with Gasteiger partial charge in [-0.3, -0.25) is 4.72 Å². The molecular formula is C13H12FNO4S. The third-order valence-corrected chi connectivity index (χ3v) is 3.92. The van der Waals surface area contributed by atoms with Crippen molar-refractivity contribution in [2.75, 3.05) is 11.8 Å². The number of benzene rings is 2. The van der Waals surface area contributed by atoms with Gasteiger partial charge in [-0.05, 0) is 18.2 Å². The topological polar surface area (TPSA) is 75.6 Å². The van der Waals surface area contributed by atoms with Crippen molar-refractivity contribution in [2.45, 2.75) is 4.90 Å². The highest BCUT2D eigenvalue weighted by Crippen LogP contribution is 2.32. The number of anilines is 1. The van der Waals surface area contributed by atoms with E-state index >= 15 is 0 Å². The smallest absolute Gasteiger partial charge is 0.262 e. The van der Waals surface area contributed by atoms with Gasteiger partial charge >= 0.3 is 0 Å². The van der Waals surface area contributed by atoms with Crippen LogP contribution in [0.3, 0.4) is 0 Å². The van der Waals surface area contributed by atoms with Gasteiger partial charge in [0.15, 0.2) is 17.3 Å². The molecular weight excluding hydrogens is 285 g/mol. The van der Waals surface area contributed by atoms with Crippen LogP contribution in [-0.4, -0.2) is 20.6 Å². The molecule has 0 amide bonds. The van der Waals surface area contributed by atoms with Crippen molar-refractivity contribution in [3.05, 3.63) is 48.3 Å². The maximum absolute atomic E-state index is 13.5. The van der Waals surface area contributed by atoms with Crippen molar-refractivity contribution in [2.24, 2.45) is 0 Å². The molecule has 0 spiro atoms. The molecule has 0 radical (unpaired) electrons. The van der Waals surface area contributed by atoms with E-state index in [4.69, 9.17) is 4.74 Å². The van der Waals surface area contributed by atoms with Gasteiger partial charge in [0.25, 0.3) is 10.0 Å². The lowest BCUT2D eigenvalue weighted by Gasteiger charge is -2.10. The molecule has 20 heavy (non-hydrogen) atoms. The van der Waals surface area contributed by atoms with Crippen molar-refractivity contribution >= 4 is 15.7 Å². The highest BCUT2D eigenvalue weighted by Gasteiger charge is 2.20. The molecule has 0 unspecified atom stereocenters. The van der Waals surface area contributed by atoms with Gasteiger partial charge in [0.1, 0.15) is 0 Å². The molecule has 0 aliphatic rings. The van der Waals surface area contributed by atoms with E-state index in [2.05, 4.69) is 4.72 Å². The third kappa shape index (κ3) is 2.83. The lowest BCUT2D eigenvalue weighted by Crippen LogP contribution is -2.13. The predicted molar refractivity (Wildman–Crippen MR) is 71.9 cm³/mol. The Kier molecular flexibility index (Phi) is 3.80. The Balaban J connectivity index is 2.42. The molecule has 0 bridgehead atoms.